The maximum Gasteiger partial charge on any atom is 2.00 e. The predicted octanol–water partition coefficient (Wildman–Crippen LogP) is 4.00. The van der Waals surface area contributed by atoms with E-state index in [9.17, 15) is 10.2 Å². The second-order valence-electron chi connectivity index (χ2n) is 6.39. The summed E-state index contributed by atoms with van der Waals surface area (Å²) in [7, 11) is 0. The minimum Gasteiger partial charge on any atom is -0.872 e. The molecule has 0 spiro atoms. The van der Waals surface area contributed by atoms with E-state index in [2.05, 4.69) is 0 Å². The van der Waals surface area contributed by atoms with Crippen molar-refractivity contribution in [1.29, 1.82) is 0 Å². The summed E-state index contributed by atoms with van der Waals surface area (Å²) < 4.78 is 0. The summed E-state index contributed by atoms with van der Waals surface area (Å²) in [6.45, 7) is 12.0. The molecular formula is C20H26BaO2. The fourth-order valence-corrected chi connectivity index (χ4v) is 2.24. The Morgan fingerprint density at radius 2 is 0.957 bits per heavy atom. The Kier molecular flexibility index (Phi) is 10.3. The Hall–Kier alpha value is -0.389. The first-order valence-corrected chi connectivity index (χ1v) is 7.77. The Bertz CT molecular complexity index is 564. The molecule has 23 heavy (non-hydrogen) atoms. The van der Waals surface area contributed by atoms with Crippen LogP contribution in [-0.4, -0.2) is 48.9 Å². The van der Waals surface area contributed by atoms with Crippen molar-refractivity contribution in [2.45, 2.75) is 53.4 Å². The summed E-state index contributed by atoms with van der Waals surface area (Å²) in [6.07, 6.45) is 0. The van der Waals surface area contributed by atoms with Crippen LogP contribution in [0.1, 0.15) is 61.8 Å². The van der Waals surface area contributed by atoms with Crippen molar-refractivity contribution < 1.29 is 10.2 Å². The van der Waals surface area contributed by atoms with E-state index in [0.717, 1.165) is 22.3 Å². The smallest absolute Gasteiger partial charge is 0.872 e. The molecule has 0 aliphatic heterocycles. The third-order valence-corrected chi connectivity index (χ3v) is 3.58. The van der Waals surface area contributed by atoms with Gasteiger partial charge in [0.05, 0.1) is 0 Å². The van der Waals surface area contributed by atoms with Crippen LogP contribution in [0.3, 0.4) is 0 Å². The van der Waals surface area contributed by atoms with Gasteiger partial charge < -0.3 is 10.2 Å². The zero-order valence-electron chi connectivity index (χ0n) is 15.1. The monoisotopic (exact) mass is 436 g/mol. The van der Waals surface area contributed by atoms with Gasteiger partial charge in [0.1, 0.15) is 0 Å². The summed E-state index contributed by atoms with van der Waals surface area (Å²) >= 11 is 0. The molecule has 0 radical (unpaired) electrons. The van der Waals surface area contributed by atoms with Gasteiger partial charge in [-0.05, 0) is 25.7 Å². The molecule has 2 rings (SSSR count). The van der Waals surface area contributed by atoms with Crippen LogP contribution in [0, 0.1) is 13.8 Å². The average molecular weight is 436 g/mol. The molecule has 0 fully saturated rings. The zero-order valence-corrected chi connectivity index (χ0v) is 19.6. The van der Waals surface area contributed by atoms with Gasteiger partial charge in [0, 0.05) is 0 Å². The van der Waals surface area contributed by atoms with Gasteiger partial charge in [-0.1, -0.05) is 86.3 Å². The van der Waals surface area contributed by atoms with Crippen LogP contribution < -0.4 is 10.2 Å². The summed E-state index contributed by atoms with van der Waals surface area (Å²) in [5.41, 5.74) is 3.91. The number of aryl methyl sites for hydroxylation is 2. The summed E-state index contributed by atoms with van der Waals surface area (Å²) in [4.78, 5) is 0. The maximum absolute atomic E-state index is 11.3. The van der Waals surface area contributed by atoms with Crippen LogP contribution in [0.15, 0.2) is 36.4 Å². The van der Waals surface area contributed by atoms with Crippen LogP contribution in [0.4, 0.5) is 0 Å². The van der Waals surface area contributed by atoms with Crippen molar-refractivity contribution in [3.63, 3.8) is 0 Å². The van der Waals surface area contributed by atoms with Gasteiger partial charge in [0.15, 0.2) is 0 Å². The Morgan fingerprint density at radius 3 is 1.17 bits per heavy atom. The Balaban J connectivity index is 0.000000403. The summed E-state index contributed by atoms with van der Waals surface area (Å²) in [5, 5.41) is 22.6. The van der Waals surface area contributed by atoms with E-state index in [1.807, 2.05) is 65.8 Å². The minimum atomic E-state index is 0. The van der Waals surface area contributed by atoms with E-state index in [4.69, 9.17) is 0 Å². The van der Waals surface area contributed by atoms with E-state index in [1.54, 1.807) is 12.1 Å². The van der Waals surface area contributed by atoms with Crippen LogP contribution in [0.25, 0.3) is 0 Å². The molecule has 0 saturated carbocycles. The molecule has 0 bridgehead atoms. The first-order valence-electron chi connectivity index (χ1n) is 7.77. The fourth-order valence-electron chi connectivity index (χ4n) is 2.24. The van der Waals surface area contributed by atoms with Crippen LogP contribution in [0.5, 0.6) is 11.5 Å². The quantitative estimate of drug-likeness (QED) is 0.669. The van der Waals surface area contributed by atoms with Gasteiger partial charge in [-0.25, -0.2) is 0 Å². The molecule has 0 amide bonds. The fraction of sp³-hybridized carbons (Fsp3) is 0.400. The van der Waals surface area contributed by atoms with Crippen molar-refractivity contribution >= 4 is 48.9 Å². The molecule has 0 N–H and O–H groups in total. The molecule has 0 atom stereocenters. The molecule has 2 aromatic carbocycles. The van der Waals surface area contributed by atoms with E-state index < -0.39 is 0 Å². The molecule has 0 aliphatic rings. The molecule has 120 valence electrons. The molecule has 0 aliphatic carbocycles. The van der Waals surface area contributed by atoms with E-state index in [1.165, 1.54) is 0 Å². The van der Waals surface area contributed by atoms with Gasteiger partial charge in [0.25, 0.3) is 0 Å². The summed E-state index contributed by atoms with van der Waals surface area (Å²) in [5.74, 6) is 1.01. The third kappa shape index (κ3) is 7.36. The molecule has 2 nitrogen and oxygen atoms in total. The van der Waals surface area contributed by atoms with E-state index in [0.29, 0.717) is 11.8 Å². The van der Waals surface area contributed by atoms with E-state index in [-0.39, 0.29) is 60.4 Å². The Labute approximate surface area is 181 Å². The van der Waals surface area contributed by atoms with Crippen molar-refractivity contribution in [3.05, 3.63) is 58.7 Å². The van der Waals surface area contributed by atoms with E-state index >= 15 is 0 Å². The van der Waals surface area contributed by atoms with Crippen LogP contribution in [-0.2, 0) is 0 Å². The number of benzene rings is 2. The molecule has 0 saturated heterocycles. The second kappa shape index (κ2) is 10.5. The maximum atomic E-state index is 11.3. The largest absolute Gasteiger partial charge is 2.00 e. The molecule has 0 heterocycles. The first-order chi connectivity index (χ1) is 10.2. The van der Waals surface area contributed by atoms with Crippen molar-refractivity contribution in [2.75, 3.05) is 0 Å². The SMILES string of the molecule is Cc1ccc(C(C)C)c([O-])c1.Cc1ccc(C(C)C)c([O-])c1.[Ba+2]. The Morgan fingerprint density at radius 1 is 0.652 bits per heavy atom. The third-order valence-electron chi connectivity index (χ3n) is 3.58. The summed E-state index contributed by atoms with van der Waals surface area (Å²) in [6, 6.07) is 11.2. The predicted molar refractivity (Wildman–Crippen MR) is 95.2 cm³/mol. The van der Waals surface area contributed by atoms with Crippen molar-refractivity contribution in [1.82, 2.24) is 0 Å². The topological polar surface area (TPSA) is 46.1 Å². The van der Waals surface area contributed by atoms with Crippen molar-refractivity contribution in [2.24, 2.45) is 0 Å². The van der Waals surface area contributed by atoms with Crippen LogP contribution >= 0.6 is 0 Å². The number of rotatable bonds is 2. The van der Waals surface area contributed by atoms with Gasteiger partial charge in [-0.15, -0.1) is 11.5 Å². The first kappa shape index (κ1) is 22.6. The molecule has 0 unspecified atom stereocenters. The molecule has 0 aromatic heterocycles. The number of hydrogen-bond acceptors (Lipinski definition) is 2. The molecular weight excluding hydrogens is 410 g/mol. The van der Waals surface area contributed by atoms with Gasteiger partial charge in [0.2, 0.25) is 0 Å². The minimum absolute atomic E-state index is 0. The molecule has 2 aromatic rings. The average Bonchev–Trinajstić information content (AvgIpc) is 2.38. The van der Waals surface area contributed by atoms with Gasteiger partial charge in [-0.3, -0.25) is 0 Å². The second-order valence-corrected chi connectivity index (χ2v) is 6.39. The standard InChI is InChI=1S/2C10H14O.Ba/c2*1-7(2)9-5-4-8(3)6-10(9)11;/h2*4-7,11H,1-3H3;/q;;+2/p-2. The van der Waals surface area contributed by atoms with Crippen LogP contribution in [0.2, 0.25) is 0 Å². The number of hydrogen-bond donors (Lipinski definition) is 0. The van der Waals surface area contributed by atoms with Crippen molar-refractivity contribution in [3.8, 4) is 11.5 Å². The zero-order chi connectivity index (χ0) is 16.9. The van der Waals surface area contributed by atoms with Gasteiger partial charge >= 0.3 is 48.9 Å². The molecule has 3 heteroatoms. The van der Waals surface area contributed by atoms with Gasteiger partial charge in [-0.2, -0.15) is 0 Å². The normalized spacial score (nSPS) is 10.1.